The zero-order chi connectivity index (χ0) is 20.4. The standard InChI is InChI=1S/C24H27N3O2/c1-16(25)17-11-13-27(14-12-17)24(28)21-15-23(18-7-9-19(29-2)10-8-18)26-22-6-4-3-5-20(21)22/h3-10,15-17H,11-14,25H2,1-2H3. The molecule has 2 heterocycles. The predicted molar refractivity (Wildman–Crippen MR) is 116 cm³/mol. The highest BCUT2D eigenvalue weighted by Gasteiger charge is 2.26. The number of nitrogens with two attached hydrogens (primary N) is 1. The zero-order valence-electron chi connectivity index (χ0n) is 17.0. The van der Waals surface area contributed by atoms with Gasteiger partial charge in [0, 0.05) is 30.1 Å². The summed E-state index contributed by atoms with van der Waals surface area (Å²) in [7, 11) is 1.65. The number of likely N-dealkylation sites (tertiary alicyclic amines) is 1. The third-order valence-corrected chi connectivity index (χ3v) is 5.90. The van der Waals surface area contributed by atoms with E-state index in [2.05, 4.69) is 6.92 Å². The largest absolute Gasteiger partial charge is 0.497 e. The van der Waals surface area contributed by atoms with Gasteiger partial charge in [0.15, 0.2) is 0 Å². The van der Waals surface area contributed by atoms with Crippen LogP contribution in [0.3, 0.4) is 0 Å². The molecule has 5 heteroatoms. The van der Waals surface area contributed by atoms with Gasteiger partial charge in [0.2, 0.25) is 0 Å². The molecule has 3 aromatic rings. The molecule has 1 fully saturated rings. The van der Waals surface area contributed by atoms with Gasteiger partial charge in [0.25, 0.3) is 5.91 Å². The molecule has 1 saturated heterocycles. The molecule has 1 aliphatic rings. The van der Waals surface area contributed by atoms with Gasteiger partial charge in [0.05, 0.1) is 23.9 Å². The minimum atomic E-state index is 0.0708. The number of piperidine rings is 1. The molecule has 1 atom stereocenters. The van der Waals surface area contributed by atoms with E-state index in [0.717, 1.165) is 53.8 Å². The summed E-state index contributed by atoms with van der Waals surface area (Å²) in [6, 6.07) is 17.7. The second-order valence-corrected chi connectivity index (χ2v) is 7.79. The van der Waals surface area contributed by atoms with Gasteiger partial charge in [0.1, 0.15) is 5.75 Å². The fourth-order valence-electron chi connectivity index (χ4n) is 4.06. The van der Waals surface area contributed by atoms with E-state index >= 15 is 0 Å². The van der Waals surface area contributed by atoms with Crippen LogP contribution in [-0.4, -0.2) is 42.0 Å². The first-order valence-corrected chi connectivity index (χ1v) is 10.2. The van der Waals surface area contributed by atoms with E-state index in [1.54, 1.807) is 7.11 Å². The molecule has 0 radical (unpaired) electrons. The number of hydrogen-bond donors (Lipinski definition) is 1. The second kappa shape index (κ2) is 8.21. The number of ether oxygens (including phenoxy) is 1. The van der Waals surface area contributed by atoms with Crippen molar-refractivity contribution >= 4 is 16.8 Å². The molecule has 0 saturated carbocycles. The van der Waals surface area contributed by atoms with E-state index in [9.17, 15) is 4.79 Å². The summed E-state index contributed by atoms with van der Waals surface area (Å²) in [5, 5.41) is 0.893. The molecule has 0 bridgehead atoms. The predicted octanol–water partition coefficient (Wildman–Crippen LogP) is 4.11. The van der Waals surface area contributed by atoms with Crippen LogP contribution in [0.15, 0.2) is 54.6 Å². The van der Waals surface area contributed by atoms with Gasteiger partial charge in [-0.15, -0.1) is 0 Å². The second-order valence-electron chi connectivity index (χ2n) is 7.79. The molecule has 0 spiro atoms. The minimum Gasteiger partial charge on any atom is -0.497 e. The molecular formula is C24H27N3O2. The third kappa shape index (κ3) is 3.96. The number of carbonyl (C=O) groups excluding carboxylic acids is 1. The minimum absolute atomic E-state index is 0.0708. The summed E-state index contributed by atoms with van der Waals surface area (Å²) in [5.74, 6) is 1.35. The van der Waals surface area contributed by atoms with Gasteiger partial charge in [-0.05, 0) is 62.1 Å². The topological polar surface area (TPSA) is 68.5 Å². The Morgan fingerprint density at radius 2 is 1.83 bits per heavy atom. The van der Waals surface area contributed by atoms with Crippen molar-refractivity contribution in [3.05, 3.63) is 60.2 Å². The Morgan fingerprint density at radius 1 is 1.14 bits per heavy atom. The van der Waals surface area contributed by atoms with E-state index in [1.165, 1.54) is 0 Å². The van der Waals surface area contributed by atoms with Crippen LogP contribution in [0.4, 0.5) is 0 Å². The van der Waals surface area contributed by atoms with E-state index in [0.29, 0.717) is 11.5 Å². The van der Waals surface area contributed by atoms with Crippen LogP contribution in [0, 0.1) is 5.92 Å². The first-order chi connectivity index (χ1) is 14.1. The summed E-state index contributed by atoms with van der Waals surface area (Å²) >= 11 is 0. The van der Waals surface area contributed by atoms with Crippen molar-refractivity contribution in [1.82, 2.24) is 9.88 Å². The first-order valence-electron chi connectivity index (χ1n) is 10.2. The monoisotopic (exact) mass is 389 g/mol. The Hall–Kier alpha value is -2.92. The van der Waals surface area contributed by atoms with E-state index in [1.807, 2.05) is 59.5 Å². The number of fused-ring (bicyclic) bond motifs is 1. The molecule has 1 aliphatic heterocycles. The number of hydrogen-bond acceptors (Lipinski definition) is 4. The lowest BCUT2D eigenvalue weighted by Gasteiger charge is -2.34. The SMILES string of the molecule is COc1ccc(-c2cc(C(=O)N3CCC(C(C)N)CC3)c3ccccc3n2)cc1. The van der Waals surface area contributed by atoms with Crippen molar-refractivity contribution < 1.29 is 9.53 Å². The summed E-state index contributed by atoms with van der Waals surface area (Å²) in [4.78, 5) is 20.2. The molecular weight excluding hydrogens is 362 g/mol. The molecule has 0 aliphatic carbocycles. The van der Waals surface area contributed by atoms with E-state index in [4.69, 9.17) is 15.5 Å². The first kappa shape index (κ1) is 19.4. The van der Waals surface area contributed by atoms with Crippen molar-refractivity contribution in [2.24, 2.45) is 11.7 Å². The summed E-state index contributed by atoms with van der Waals surface area (Å²) in [6.45, 7) is 3.55. The van der Waals surface area contributed by atoms with E-state index in [-0.39, 0.29) is 11.9 Å². The van der Waals surface area contributed by atoms with Crippen LogP contribution < -0.4 is 10.5 Å². The quantitative estimate of drug-likeness (QED) is 0.729. The van der Waals surface area contributed by atoms with Gasteiger partial charge in [-0.2, -0.15) is 0 Å². The number of benzene rings is 2. The fraction of sp³-hybridized carbons (Fsp3) is 0.333. The highest BCUT2D eigenvalue weighted by Crippen LogP contribution is 2.28. The molecule has 1 unspecified atom stereocenters. The van der Waals surface area contributed by atoms with Gasteiger partial charge in [-0.25, -0.2) is 4.98 Å². The average molecular weight is 389 g/mol. The molecule has 2 N–H and O–H groups in total. The molecule has 1 aromatic heterocycles. The van der Waals surface area contributed by atoms with Crippen LogP contribution in [0.1, 0.15) is 30.1 Å². The maximum Gasteiger partial charge on any atom is 0.254 e. The Morgan fingerprint density at radius 3 is 2.48 bits per heavy atom. The highest BCUT2D eigenvalue weighted by molar-refractivity contribution is 6.07. The Bertz CT molecular complexity index is 1010. The summed E-state index contributed by atoms with van der Waals surface area (Å²) in [6.07, 6.45) is 1.91. The number of para-hydroxylation sites is 1. The van der Waals surface area contributed by atoms with Gasteiger partial charge >= 0.3 is 0 Å². The van der Waals surface area contributed by atoms with Crippen molar-refractivity contribution in [2.75, 3.05) is 20.2 Å². The lowest BCUT2D eigenvalue weighted by atomic mass is 9.90. The molecule has 150 valence electrons. The van der Waals surface area contributed by atoms with E-state index < -0.39 is 0 Å². The molecule has 2 aromatic carbocycles. The van der Waals surface area contributed by atoms with Crippen LogP contribution in [-0.2, 0) is 0 Å². The summed E-state index contributed by atoms with van der Waals surface area (Å²) in [5.41, 5.74) is 9.35. The van der Waals surface area contributed by atoms with Crippen LogP contribution in [0.2, 0.25) is 0 Å². The number of nitrogens with zero attached hydrogens (tertiary/aromatic N) is 2. The maximum absolute atomic E-state index is 13.4. The average Bonchev–Trinajstić information content (AvgIpc) is 2.78. The van der Waals surface area contributed by atoms with Gasteiger partial charge in [-0.1, -0.05) is 18.2 Å². The molecule has 5 nitrogen and oxygen atoms in total. The van der Waals surface area contributed by atoms with Gasteiger partial charge < -0.3 is 15.4 Å². The molecule has 4 rings (SSSR count). The lowest BCUT2D eigenvalue weighted by molar-refractivity contribution is 0.0683. The Kier molecular flexibility index (Phi) is 5.49. The number of methoxy groups -OCH3 is 1. The Labute approximate surface area is 171 Å². The van der Waals surface area contributed by atoms with Crippen molar-refractivity contribution in [1.29, 1.82) is 0 Å². The van der Waals surface area contributed by atoms with Gasteiger partial charge in [-0.3, -0.25) is 4.79 Å². The number of pyridine rings is 1. The van der Waals surface area contributed by atoms with Crippen molar-refractivity contribution in [2.45, 2.75) is 25.8 Å². The maximum atomic E-state index is 13.4. The fourth-order valence-corrected chi connectivity index (χ4v) is 4.06. The Balaban J connectivity index is 1.70. The summed E-state index contributed by atoms with van der Waals surface area (Å²) < 4.78 is 5.25. The molecule has 1 amide bonds. The zero-order valence-corrected chi connectivity index (χ0v) is 17.0. The number of rotatable bonds is 4. The van der Waals surface area contributed by atoms with Crippen molar-refractivity contribution in [3.63, 3.8) is 0 Å². The third-order valence-electron chi connectivity index (χ3n) is 5.90. The molecule has 29 heavy (non-hydrogen) atoms. The highest BCUT2D eigenvalue weighted by atomic mass is 16.5. The normalized spacial score (nSPS) is 16.0. The van der Waals surface area contributed by atoms with Crippen LogP contribution in [0.25, 0.3) is 22.2 Å². The van der Waals surface area contributed by atoms with Crippen LogP contribution in [0.5, 0.6) is 5.75 Å². The number of amides is 1. The smallest absolute Gasteiger partial charge is 0.254 e. The number of aromatic nitrogens is 1. The van der Waals surface area contributed by atoms with Crippen molar-refractivity contribution in [3.8, 4) is 17.0 Å². The lowest BCUT2D eigenvalue weighted by Crippen LogP contribution is -2.42. The van der Waals surface area contributed by atoms with Crippen LogP contribution >= 0.6 is 0 Å². The number of carbonyl (C=O) groups is 1.